The zero-order valence-corrected chi connectivity index (χ0v) is 25.8. The van der Waals surface area contributed by atoms with Gasteiger partial charge in [0.15, 0.2) is 0 Å². The third-order valence-corrected chi connectivity index (χ3v) is 9.36. The zero-order valence-electron chi connectivity index (χ0n) is 25.8. The third-order valence-electron chi connectivity index (χ3n) is 9.36. The molecule has 9 rings (SSSR count). The molecule has 7 aromatic carbocycles. The standard InChI is InChI=1S/C44H26N4/c1-46-39-26-29(28-45)25-38(44(39)48-42-23-10-6-19-36(42)37-20-7-11-24-43(37)48)33-16-3-2-15-32(33)30-13-12-14-31(27-30)47-40-21-8-4-17-34(40)35-18-5-9-22-41(35)47/h2-27H. The first-order valence-electron chi connectivity index (χ1n) is 15.9. The number of nitrogens with zero attached hydrogens (tertiary/aromatic N) is 4. The minimum atomic E-state index is 0.435. The summed E-state index contributed by atoms with van der Waals surface area (Å²) in [4.78, 5) is 4.02. The lowest BCUT2D eigenvalue weighted by Crippen LogP contribution is -2.00. The molecule has 222 valence electrons. The molecule has 0 aliphatic rings. The van der Waals surface area contributed by atoms with Gasteiger partial charge in [-0.15, -0.1) is 0 Å². The van der Waals surface area contributed by atoms with Gasteiger partial charge in [-0.2, -0.15) is 5.26 Å². The second kappa shape index (κ2) is 10.9. The van der Waals surface area contributed by atoms with E-state index in [0.29, 0.717) is 11.3 Å². The van der Waals surface area contributed by atoms with Gasteiger partial charge in [0.1, 0.15) is 0 Å². The maximum absolute atomic E-state index is 10.1. The molecule has 0 aliphatic heterocycles. The SMILES string of the molecule is [C-]#[N+]c1cc(C#N)cc(-c2ccccc2-c2cccc(-n3c4ccccc4c4ccccc43)c2)c1-n1c2ccccc2c2ccccc21. The van der Waals surface area contributed by atoms with E-state index < -0.39 is 0 Å². The van der Waals surface area contributed by atoms with Crippen molar-refractivity contribution in [2.24, 2.45) is 0 Å². The summed E-state index contributed by atoms with van der Waals surface area (Å²) in [6.07, 6.45) is 0. The predicted octanol–water partition coefficient (Wildman–Crippen LogP) is 11.6. The number of aromatic nitrogens is 2. The van der Waals surface area contributed by atoms with Gasteiger partial charge in [0.2, 0.25) is 5.69 Å². The Hall–Kier alpha value is -6.88. The largest absolute Gasteiger partial charge is 0.318 e. The first-order valence-corrected chi connectivity index (χ1v) is 15.9. The first kappa shape index (κ1) is 27.4. The molecule has 0 bridgehead atoms. The van der Waals surface area contributed by atoms with Gasteiger partial charge >= 0.3 is 0 Å². The van der Waals surface area contributed by atoms with E-state index in [1.807, 2.05) is 36.4 Å². The van der Waals surface area contributed by atoms with E-state index in [1.54, 1.807) is 6.07 Å². The van der Waals surface area contributed by atoms with Crippen LogP contribution < -0.4 is 0 Å². The molecular formula is C44H26N4. The van der Waals surface area contributed by atoms with Crippen LogP contribution in [0.1, 0.15) is 5.56 Å². The maximum atomic E-state index is 10.1. The van der Waals surface area contributed by atoms with Crippen molar-refractivity contribution in [2.75, 3.05) is 0 Å². The molecule has 9 aromatic rings. The topological polar surface area (TPSA) is 38.0 Å². The van der Waals surface area contributed by atoms with Crippen LogP contribution in [-0.4, -0.2) is 9.13 Å². The maximum Gasteiger partial charge on any atom is 0.212 e. The fraction of sp³-hybridized carbons (Fsp3) is 0. The summed E-state index contributed by atoms with van der Waals surface area (Å²) >= 11 is 0. The molecule has 4 nitrogen and oxygen atoms in total. The van der Waals surface area contributed by atoms with Crippen molar-refractivity contribution in [1.82, 2.24) is 9.13 Å². The minimum Gasteiger partial charge on any atom is -0.318 e. The van der Waals surface area contributed by atoms with Crippen molar-refractivity contribution >= 4 is 49.3 Å². The van der Waals surface area contributed by atoms with Gasteiger partial charge in [0.25, 0.3) is 0 Å². The predicted molar refractivity (Wildman–Crippen MR) is 197 cm³/mol. The Morgan fingerprint density at radius 1 is 0.479 bits per heavy atom. The smallest absolute Gasteiger partial charge is 0.212 e. The van der Waals surface area contributed by atoms with E-state index in [0.717, 1.165) is 66.5 Å². The quantitative estimate of drug-likeness (QED) is 0.183. The number of para-hydroxylation sites is 4. The molecule has 0 unspecified atom stereocenters. The lowest BCUT2D eigenvalue weighted by Gasteiger charge is -2.19. The summed E-state index contributed by atoms with van der Waals surface area (Å²) in [7, 11) is 0. The van der Waals surface area contributed by atoms with Crippen molar-refractivity contribution in [2.45, 2.75) is 0 Å². The van der Waals surface area contributed by atoms with Gasteiger partial charge in [-0.3, -0.25) is 0 Å². The lowest BCUT2D eigenvalue weighted by atomic mass is 9.91. The fourth-order valence-electron chi connectivity index (χ4n) is 7.36. The molecule has 0 atom stereocenters. The highest BCUT2D eigenvalue weighted by molar-refractivity contribution is 6.11. The second-order valence-electron chi connectivity index (χ2n) is 12.0. The number of rotatable bonds is 4. The van der Waals surface area contributed by atoms with Crippen LogP contribution in [0.15, 0.2) is 158 Å². The summed E-state index contributed by atoms with van der Waals surface area (Å²) in [5.74, 6) is 0. The Morgan fingerprint density at radius 3 is 1.52 bits per heavy atom. The van der Waals surface area contributed by atoms with Crippen LogP contribution in [0.3, 0.4) is 0 Å². The highest BCUT2D eigenvalue weighted by Gasteiger charge is 2.22. The summed E-state index contributed by atoms with van der Waals surface area (Å²) in [5.41, 5.74) is 10.9. The normalized spacial score (nSPS) is 11.3. The average molecular weight is 611 g/mol. The van der Waals surface area contributed by atoms with Crippen LogP contribution in [-0.2, 0) is 0 Å². The van der Waals surface area contributed by atoms with Crippen molar-refractivity contribution in [3.05, 3.63) is 175 Å². The Bertz CT molecular complexity index is 2710. The molecule has 4 heteroatoms. The van der Waals surface area contributed by atoms with Crippen LogP contribution in [0.5, 0.6) is 0 Å². The molecule has 0 spiro atoms. The van der Waals surface area contributed by atoms with E-state index in [1.165, 1.54) is 10.8 Å². The van der Waals surface area contributed by atoms with Crippen LogP contribution in [0.25, 0.3) is 82.1 Å². The summed E-state index contributed by atoms with van der Waals surface area (Å²) in [6, 6.07) is 56.6. The van der Waals surface area contributed by atoms with Crippen molar-refractivity contribution in [3.63, 3.8) is 0 Å². The molecule has 0 N–H and O–H groups in total. The van der Waals surface area contributed by atoms with Crippen molar-refractivity contribution in [1.29, 1.82) is 5.26 Å². The molecule has 0 aliphatic carbocycles. The monoisotopic (exact) mass is 610 g/mol. The number of benzene rings is 7. The number of hydrogen-bond donors (Lipinski definition) is 0. The molecule has 2 heterocycles. The van der Waals surface area contributed by atoms with Gasteiger partial charge in [0, 0.05) is 32.8 Å². The number of nitriles is 1. The van der Waals surface area contributed by atoms with Crippen LogP contribution in [0, 0.1) is 17.9 Å². The van der Waals surface area contributed by atoms with E-state index in [-0.39, 0.29) is 0 Å². The molecular weight excluding hydrogens is 585 g/mol. The van der Waals surface area contributed by atoms with Crippen LogP contribution >= 0.6 is 0 Å². The Labute approximate surface area is 277 Å². The second-order valence-corrected chi connectivity index (χ2v) is 12.0. The fourth-order valence-corrected chi connectivity index (χ4v) is 7.36. The summed E-state index contributed by atoms with van der Waals surface area (Å²) in [6.45, 7) is 8.29. The van der Waals surface area contributed by atoms with E-state index in [9.17, 15) is 5.26 Å². The molecule has 0 amide bonds. The third kappa shape index (κ3) is 4.07. The molecule has 2 aromatic heterocycles. The molecule has 0 saturated carbocycles. The highest BCUT2D eigenvalue weighted by atomic mass is 15.0. The van der Waals surface area contributed by atoms with E-state index in [4.69, 9.17) is 6.57 Å². The van der Waals surface area contributed by atoms with E-state index >= 15 is 0 Å². The van der Waals surface area contributed by atoms with Gasteiger partial charge in [-0.25, -0.2) is 4.85 Å². The zero-order chi connectivity index (χ0) is 32.2. The number of fused-ring (bicyclic) bond motifs is 6. The Balaban J connectivity index is 1.32. The summed E-state index contributed by atoms with van der Waals surface area (Å²) in [5, 5.41) is 14.8. The minimum absolute atomic E-state index is 0.435. The average Bonchev–Trinajstić information content (AvgIpc) is 3.67. The Kier molecular flexibility index (Phi) is 6.22. The van der Waals surface area contributed by atoms with Gasteiger partial charge in [-0.1, -0.05) is 109 Å². The molecule has 48 heavy (non-hydrogen) atoms. The Morgan fingerprint density at radius 2 is 0.979 bits per heavy atom. The lowest BCUT2D eigenvalue weighted by molar-refractivity contribution is 1.18. The van der Waals surface area contributed by atoms with Gasteiger partial charge in [-0.05, 0) is 70.8 Å². The van der Waals surface area contributed by atoms with Crippen molar-refractivity contribution in [3.8, 4) is 39.7 Å². The molecule has 0 radical (unpaired) electrons. The summed E-state index contributed by atoms with van der Waals surface area (Å²) < 4.78 is 4.52. The van der Waals surface area contributed by atoms with E-state index in [2.05, 4.69) is 135 Å². The van der Waals surface area contributed by atoms with Crippen LogP contribution in [0.2, 0.25) is 0 Å². The number of hydrogen-bond acceptors (Lipinski definition) is 1. The van der Waals surface area contributed by atoms with Gasteiger partial charge in [0.05, 0.1) is 40.4 Å². The van der Waals surface area contributed by atoms with Crippen LogP contribution in [0.4, 0.5) is 5.69 Å². The first-order chi connectivity index (χ1) is 23.7. The highest BCUT2D eigenvalue weighted by Crippen LogP contribution is 2.44. The molecule has 0 saturated heterocycles. The molecule has 0 fully saturated rings. The van der Waals surface area contributed by atoms with Crippen molar-refractivity contribution < 1.29 is 0 Å². The van der Waals surface area contributed by atoms with Gasteiger partial charge < -0.3 is 9.13 Å².